The Morgan fingerprint density at radius 1 is 0.660 bits per heavy atom. The second-order valence-corrected chi connectivity index (χ2v) is 11.1. The van der Waals surface area contributed by atoms with Gasteiger partial charge in [-0.1, -0.05) is 12.1 Å². The molecule has 0 bridgehead atoms. The average Bonchev–Trinajstić information content (AvgIpc) is 3.30. The van der Waals surface area contributed by atoms with Crippen LogP contribution in [0.15, 0.2) is 36.4 Å². The number of nitrogens with zero attached hydrogens (tertiary/aromatic N) is 4. The Labute approximate surface area is 284 Å². The largest absolute Gasteiger partial charge is 0.480 e. The molecule has 1 aromatic rings. The topological polar surface area (TPSA) is 292 Å². The first-order chi connectivity index (χ1) is 23.5. The molecule has 1 aliphatic heterocycles. The number of rotatable bonds is 24. The van der Waals surface area contributed by atoms with E-state index in [-0.39, 0.29) is 39.0 Å². The lowest BCUT2D eigenvalue weighted by atomic mass is 10.0. The standard InChI is InChI=1S/C30H38N6O14/c37-22(7-8-31-23(38)13-36-24(39)5-6-25(36)40)32-20-3-1-19(2-4-20)11-21(35(17-29(47)48)18-30(49)50)12-33(14-26(41)42)9-10-34(15-27(43)44)16-28(45)46/h1-6,21H,7-18H2,(H,31,38)(H,32,37)(H,41,42)(H,43,44)(H,45,46)(H,47,48)(H,49,50)/t21-/m1/s1. The van der Waals surface area contributed by atoms with Crippen molar-refractivity contribution in [2.24, 2.45) is 0 Å². The van der Waals surface area contributed by atoms with Crippen LogP contribution in [-0.2, 0) is 49.6 Å². The predicted molar refractivity (Wildman–Crippen MR) is 169 cm³/mol. The third-order valence-electron chi connectivity index (χ3n) is 7.06. The number of carboxylic acid groups (broad SMARTS) is 5. The van der Waals surface area contributed by atoms with Crippen molar-refractivity contribution in [2.45, 2.75) is 18.9 Å². The van der Waals surface area contributed by atoms with Gasteiger partial charge in [-0.3, -0.25) is 62.8 Å². The summed E-state index contributed by atoms with van der Waals surface area (Å²) < 4.78 is 0. The molecule has 0 saturated carbocycles. The summed E-state index contributed by atoms with van der Waals surface area (Å²) in [6, 6.07) is 5.28. The van der Waals surface area contributed by atoms with Gasteiger partial charge in [0.2, 0.25) is 11.8 Å². The average molecular weight is 707 g/mol. The molecule has 0 unspecified atom stereocenters. The number of hydrogen-bond donors (Lipinski definition) is 7. The van der Waals surface area contributed by atoms with Crippen LogP contribution in [0.3, 0.4) is 0 Å². The number of benzene rings is 1. The molecule has 272 valence electrons. The van der Waals surface area contributed by atoms with Crippen molar-refractivity contribution in [1.29, 1.82) is 0 Å². The Bertz CT molecular complexity index is 1430. The van der Waals surface area contributed by atoms with Crippen molar-refractivity contribution in [2.75, 3.05) is 70.8 Å². The van der Waals surface area contributed by atoms with Gasteiger partial charge in [0, 0.05) is 56.5 Å². The van der Waals surface area contributed by atoms with Crippen LogP contribution in [0.1, 0.15) is 12.0 Å². The summed E-state index contributed by atoms with van der Waals surface area (Å²) in [4.78, 5) is 109. The number of aliphatic carboxylic acids is 5. The van der Waals surface area contributed by atoms with Gasteiger partial charge in [0.15, 0.2) is 0 Å². The van der Waals surface area contributed by atoms with E-state index in [2.05, 4.69) is 10.6 Å². The Morgan fingerprint density at radius 3 is 1.64 bits per heavy atom. The normalized spacial score (nSPS) is 13.1. The zero-order valence-corrected chi connectivity index (χ0v) is 26.7. The summed E-state index contributed by atoms with van der Waals surface area (Å²) in [6.45, 7) is -4.40. The van der Waals surface area contributed by atoms with Gasteiger partial charge in [0.25, 0.3) is 11.8 Å². The number of anilines is 1. The molecule has 50 heavy (non-hydrogen) atoms. The highest BCUT2D eigenvalue weighted by Crippen LogP contribution is 2.16. The minimum atomic E-state index is -1.35. The van der Waals surface area contributed by atoms with Crippen molar-refractivity contribution in [3.05, 3.63) is 42.0 Å². The third kappa shape index (κ3) is 15.4. The molecule has 0 saturated heterocycles. The van der Waals surface area contributed by atoms with Crippen molar-refractivity contribution in [3.8, 4) is 0 Å². The summed E-state index contributed by atoms with van der Waals surface area (Å²) in [7, 11) is 0. The van der Waals surface area contributed by atoms with E-state index < -0.39 is 98.8 Å². The molecule has 1 aromatic carbocycles. The van der Waals surface area contributed by atoms with Crippen LogP contribution in [0.25, 0.3) is 0 Å². The second kappa shape index (κ2) is 19.9. The van der Waals surface area contributed by atoms with Gasteiger partial charge in [0.1, 0.15) is 6.54 Å². The Balaban J connectivity index is 2.11. The minimum absolute atomic E-state index is 0.0163. The lowest BCUT2D eigenvalue weighted by Crippen LogP contribution is -2.51. The van der Waals surface area contributed by atoms with Crippen LogP contribution < -0.4 is 10.6 Å². The van der Waals surface area contributed by atoms with E-state index in [1.807, 2.05) is 0 Å². The van der Waals surface area contributed by atoms with Crippen LogP contribution in [0.5, 0.6) is 0 Å². The summed E-state index contributed by atoms with van der Waals surface area (Å²) in [5.41, 5.74) is 0.897. The molecular formula is C30H38N6O14. The monoisotopic (exact) mass is 706 g/mol. The van der Waals surface area contributed by atoms with Crippen molar-refractivity contribution >= 4 is 59.2 Å². The van der Waals surface area contributed by atoms with Crippen molar-refractivity contribution < 1.29 is 68.7 Å². The van der Waals surface area contributed by atoms with E-state index in [1.54, 1.807) is 12.1 Å². The Hall–Kier alpha value is -5.73. The molecule has 1 heterocycles. The fraction of sp³-hybridized carbons (Fsp3) is 0.433. The lowest BCUT2D eigenvalue weighted by molar-refractivity contribution is -0.144. The number of hydrogen-bond acceptors (Lipinski definition) is 12. The summed E-state index contributed by atoms with van der Waals surface area (Å²) in [5.74, 6) is -8.96. The van der Waals surface area contributed by atoms with Gasteiger partial charge in [0.05, 0.1) is 32.7 Å². The molecule has 1 aliphatic rings. The Morgan fingerprint density at radius 2 is 1.14 bits per heavy atom. The summed E-state index contributed by atoms with van der Waals surface area (Å²) >= 11 is 0. The van der Waals surface area contributed by atoms with E-state index in [1.165, 1.54) is 17.0 Å². The van der Waals surface area contributed by atoms with E-state index in [0.29, 0.717) is 11.3 Å². The molecule has 0 aromatic heterocycles. The first-order valence-corrected chi connectivity index (χ1v) is 15.0. The highest BCUT2D eigenvalue weighted by Gasteiger charge is 2.28. The maximum Gasteiger partial charge on any atom is 0.317 e. The molecule has 4 amide bonds. The molecule has 1 atom stereocenters. The highest BCUT2D eigenvalue weighted by molar-refractivity contribution is 6.14. The maximum absolute atomic E-state index is 12.4. The fourth-order valence-corrected chi connectivity index (χ4v) is 4.90. The third-order valence-corrected chi connectivity index (χ3v) is 7.06. The summed E-state index contributed by atoms with van der Waals surface area (Å²) in [6.07, 6.45) is 1.95. The van der Waals surface area contributed by atoms with Crippen LogP contribution in [0, 0.1) is 0 Å². The molecule has 0 radical (unpaired) electrons. The van der Waals surface area contributed by atoms with Crippen LogP contribution in [0.4, 0.5) is 5.69 Å². The molecular weight excluding hydrogens is 668 g/mol. The number of carboxylic acids is 5. The van der Waals surface area contributed by atoms with Gasteiger partial charge >= 0.3 is 29.8 Å². The van der Waals surface area contributed by atoms with Crippen molar-refractivity contribution in [1.82, 2.24) is 24.9 Å². The number of carbonyl (C=O) groups is 9. The van der Waals surface area contributed by atoms with E-state index >= 15 is 0 Å². The molecule has 20 nitrogen and oxygen atoms in total. The second-order valence-electron chi connectivity index (χ2n) is 11.1. The van der Waals surface area contributed by atoms with E-state index in [9.17, 15) is 58.5 Å². The first-order valence-electron chi connectivity index (χ1n) is 15.0. The van der Waals surface area contributed by atoms with Gasteiger partial charge < -0.3 is 36.2 Å². The quantitative estimate of drug-likeness (QED) is 0.0538. The smallest absolute Gasteiger partial charge is 0.317 e. The molecule has 20 heteroatoms. The fourth-order valence-electron chi connectivity index (χ4n) is 4.90. The van der Waals surface area contributed by atoms with Crippen LogP contribution in [-0.4, -0.2) is 170 Å². The molecule has 0 aliphatic carbocycles. The van der Waals surface area contributed by atoms with Gasteiger partial charge in [-0.15, -0.1) is 0 Å². The van der Waals surface area contributed by atoms with Crippen LogP contribution >= 0.6 is 0 Å². The number of carbonyl (C=O) groups excluding carboxylic acids is 4. The van der Waals surface area contributed by atoms with E-state index in [0.717, 1.165) is 26.9 Å². The first kappa shape index (κ1) is 40.4. The number of amides is 4. The van der Waals surface area contributed by atoms with E-state index in [4.69, 9.17) is 10.2 Å². The van der Waals surface area contributed by atoms with Gasteiger partial charge in [-0.2, -0.15) is 0 Å². The lowest BCUT2D eigenvalue weighted by Gasteiger charge is -2.34. The predicted octanol–water partition coefficient (Wildman–Crippen LogP) is -2.70. The van der Waals surface area contributed by atoms with Gasteiger partial charge in [-0.25, -0.2) is 0 Å². The zero-order valence-electron chi connectivity index (χ0n) is 26.7. The minimum Gasteiger partial charge on any atom is -0.480 e. The zero-order chi connectivity index (χ0) is 37.4. The summed E-state index contributed by atoms with van der Waals surface area (Å²) in [5, 5.41) is 51.8. The molecule has 2 rings (SSSR count). The number of imide groups is 1. The van der Waals surface area contributed by atoms with Gasteiger partial charge in [-0.05, 0) is 24.1 Å². The molecule has 0 fully saturated rings. The Kier molecular flexibility index (Phi) is 16.1. The van der Waals surface area contributed by atoms with Crippen molar-refractivity contribution in [3.63, 3.8) is 0 Å². The molecule has 7 N–H and O–H groups in total. The SMILES string of the molecule is O=C(O)CN(CCN(CC(=O)O)C[C@@H](Cc1ccc(NC(=O)CCNC(=O)CN2C(=O)C=CC2=O)cc1)N(CC(=O)O)CC(=O)O)CC(=O)O. The maximum atomic E-state index is 12.4. The van der Waals surface area contributed by atoms with Crippen LogP contribution in [0.2, 0.25) is 0 Å². The molecule has 0 spiro atoms. The highest BCUT2D eigenvalue weighted by atomic mass is 16.4. The number of nitrogens with one attached hydrogen (secondary N) is 2.